The lowest BCUT2D eigenvalue weighted by Gasteiger charge is -2.05. The predicted molar refractivity (Wildman–Crippen MR) is 92.4 cm³/mol. The first-order valence-electron chi connectivity index (χ1n) is 7.00. The van der Waals surface area contributed by atoms with Crippen LogP contribution in [0.4, 0.5) is 9.52 Å². The van der Waals surface area contributed by atoms with E-state index in [0.717, 1.165) is 4.34 Å². The quantitative estimate of drug-likeness (QED) is 0.537. The number of hydrogen-bond donors (Lipinski definition) is 2. The number of anilines is 1. The Labute approximate surface area is 142 Å². The van der Waals surface area contributed by atoms with Gasteiger partial charge in [0, 0.05) is 13.1 Å². The normalized spacial score (nSPS) is 10.3. The maximum Gasteiger partial charge on any atom is 0.230 e. The summed E-state index contributed by atoms with van der Waals surface area (Å²) in [6.07, 6.45) is 2.20. The van der Waals surface area contributed by atoms with E-state index in [1.54, 1.807) is 24.3 Å². The minimum absolute atomic E-state index is 0.109. The number of carbonyl (C=O) groups excluding carboxylic acids is 1. The highest BCUT2D eigenvalue weighted by Gasteiger charge is 2.08. The fourth-order valence-corrected chi connectivity index (χ4v) is 3.30. The van der Waals surface area contributed by atoms with Gasteiger partial charge in [0.1, 0.15) is 5.82 Å². The molecule has 122 valence electrons. The third-order valence-electron chi connectivity index (χ3n) is 2.81. The van der Waals surface area contributed by atoms with Gasteiger partial charge in [-0.15, -0.1) is 16.8 Å². The summed E-state index contributed by atoms with van der Waals surface area (Å²) >= 11 is 2.71. The van der Waals surface area contributed by atoms with E-state index in [4.69, 9.17) is 0 Å². The molecule has 1 amide bonds. The van der Waals surface area contributed by atoms with Gasteiger partial charge < -0.3 is 10.6 Å². The Morgan fingerprint density at radius 1 is 1.39 bits per heavy atom. The van der Waals surface area contributed by atoms with Crippen LogP contribution in [0.15, 0.2) is 41.3 Å². The summed E-state index contributed by atoms with van der Waals surface area (Å²) in [4.78, 5) is 11.8. The Balaban J connectivity index is 1.68. The number of aromatic nitrogens is 2. The monoisotopic (exact) mass is 352 g/mol. The van der Waals surface area contributed by atoms with Crippen LogP contribution >= 0.6 is 23.1 Å². The van der Waals surface area contributed by atoms with Crippen molar-refractivity contribution >= 4 is 34.1 Å². The van der Waals surface area contributed by atoms with E-state index in [-0.39, 0.29) is 17.5 Å². The number of benzene rings is 1. The number of halogens is 1. The first kappa shape index (κ1) is 17.4. The Hall–Kier alpha value is -1.93. The zero-order valence-corrected chi connectivity index (χ0v) is 14.1. The highest BCUT2D eigenvalue weighted by Crippen LogP contribution is 2.24. The van der Waals surface area contributed by atoms with E-state index < -0.39 is 0 Å². The lowest BCUT2D eigenvalue weighted by atomic mass is 10.1. The zero-order valence-electron chi connectivity index (χ0n) is 12.4. The van der Waals surface area contributed by atoms with Crippen molar-refractivity contribution in [3.05, 3.63) is 48.3 Å². The van der Waals surface area contributed by atoms with Crippen molar-refractivity contribution in [2.24, 2.45) is 0 Å². The SMILES string of the molecule is C=CCNc1nnc(SCC(=O)NCCc2ccccc2F)s1. The average Bonchev–Trinajstić information content (AvgIpc) is 3.01. The highest BCUT2D eigenvalue weighted by molar-refractivity contribution is 8.01. The van der Waals surface area contributed by atoms with E-state index in [0.29, 0.717) is 30.2 Å². The van der Waals surface area contributed by atoms with Crippen LogP contribution in [0, 0.1) is 5.82 Å². The molecule has 0 atom stereocenters. The minimum atomic E-state index is -0.246. The van der Waals surface area contributed by atoms with Crippen LogP contribution in [0.5, 0.6) is 0 Å². The summed E-state index contributed by atoms with van der Waals surface area (Å²) in [5, 5.41) is 14.5. The van der Waals surface area contributed by atoms with Gasteiger partial charge in [0.2, 0.25) is 11.0 Å². The van der Waals surface area contributed by atoms with E-state index in [9.17, 15) is 9.18 Å². The molecule has 2 aromatic rings. The second kappa shape index (κ2) is 9.26. The van der Waals surface area contributed by atoms with Crippen molar-refractivity contribution in [2.45, 2.75) is 10.8 Å². The molecule has 0 aliphatic rings. The molecule has 0 bridgehead atoms. The van der Waals surface area contributed by atoms with Gasteiger partial charge >= 0.3 is 0 Å². The first-order valence-corrected chi connectivity index (χ1v) is 8.80. The van der Waals surface area contributed by atoms with Gasteiger partial charge in [-0.3, -0.25) is 4.79 Å². The number of carbonyl (C=O) groups is 1. The maximum atomic E-state index is 13.4. The molecule has 1 aromatic carbocycles. The zero-order chi connectivity index (χ0) is 16.5. The molecule has 0 unspecified atom stereocenters. The molecule has 8 heteroatoms. The number of nitrogens with one attached hydrogen (secondary N) is 2. The van der Waals surface area contributed by atoms with Crippen molar-refractivity contribution in [3.63, 3.8) is 0 Å². The van der Waals surface area contributed by atoms with E-state index in [2.05, 4.69) is 27.4 Å². The Bertz CT molecular complexity index is 662. The summed E-state index contributed by atoms with van der Waals surface area (Å²) in [6.45, 7) is 4.64. The molecule has 0 spiro atoms. The number of nitrogens with zero attached hydrogens (tertiary/aromatic N) is 2. The Morgan fingerprint density at radius 2 is 2.22 bits per heavy atom. The van der Waals surface area contributed by atoms with Crippen LogP contribution in [-0.4, -0.2) is 34.9 Å². The van der Waals surface area contributed by atoms with E-state index in [1.807, 2.05) is 0 Å². The standard InChI is InChI=1S/C15H17FN4OS2/c1-2-8-18-14-19-20-15(23-14)22-10-13(21)17-9-7-11-5-3-4-6-12(11)16/h2-6H,1,7-10H2,(H,17,21)(H,18,19). The summed E-state index contributed by atoms with van der Waals surface area (Å²) in [6, 6.07) is 6.56. The third kappa shape index (κ3) is 5.99. The second-order valence-corrected chi connectivity index (χ2v) is 6.72. The Morgan fingerprint density at radius 3 is 3.00 bits per heavy atom. The molecule has 0 saturated carbocycles. The van der Waals surface area contributed by atoms with Gasteiger partial charge in [-0.1, -0.05) is 47.4 Å². The predicted octanol–water partition coefficient (Wildman–Crippen LogP) is 2.73. The van der Waals surface area contributed by atoms with Crippen molar-refractivity contribution in [2.75, 3.05) is 24.2 Å². The molecule has 5 nitrogen and oxygen atoms in total. The highest BCUT2D eigenvalue weighted by atomic mass is 32.2. The van der Waals surface area contributed by atoms with Crippen molar-refractivity contribution < 1.29 is 9.18 Å². The van der Waals surface area contributed by atoms with Crippen molar-refractivity contribution in [1.82, 2.24) is 15.5 Å². The molecule has 0 aliphatic heterocycles. The number of thioether (sulfide) groups is 1. The summed E-state index contributed by atoms with van der Waals surface area (Å²) in [5.74, 6) is -0.0976. The van der Waals surface area contributed by atoms with Crippen LogP contribution in [0.1, 0.15) is 5.56 Å². The third-order valence-corrected chi connectivity index (χ3v) is 4.82. The van der Waals surface area contributed by atoms with Gasteiger partial charge in [-0.05, 0) is 18.1 Å². The van der Waals surface area contributed by atoms with Crippen LogP contribution in [-0.2, 0) is 11.2 Å². The Kier molecular flexibility index (Phi) is 7.02. The molecule has 1 aromatic heterocycles. The number of rotatable bonds is 9. The fraction of sp³-hybridized carbons (Fsp3) is 0.267. The maximum absolute atomic E-state index is 13.4. The largest absolute Gasteiger partial charge is 0.357 e. The summed E-state index contributed by atoms with van der Waals surface area (Å²) < 4.78 is 14.2. The topological polar surface area (TPSA) is 66.9 Å². The van der Waals surface area contributed by atoms with Gasteiger partial charge in [0.15, 0.2) is 4.34 Å². The molecule has 0 fully saturated rings. The molecular formula is C15H17FN4OS2. The molecule has 0 radical (unpaired) electrons. The minimum Gasteiger partial charge on any atom is -0.357 e. The average molecular weight is 352 g/mol. The lowest BCUT2D eigenvalue weighted by Crippen LogP contribution is -2.27. The molecule has 2 N–H and O–H groups in total. The van der Waals surface area contributed by atoms with Crippen LogP contribution in [0.25, 0.3) is 0 Å². The van der Waals surface area contributed by atoms with Gasteiger partial charge in [0.25, 0.3) is 0 Å². The number of hydrogen-bond acceptors (Lipinski definition) is 6. The van der Waals surface area contributed by atoms with Crippen molar-refractivity contribution in [1.29, 1.82) is 0 Å². The molecule has 0 aliphatic carbocycles. The van der Waals surface area contributed by atoms with Gasteiger partial charge in [0.05, 0.1) is 5.75 Å². The van der Waals surface area contributed by atoms with Gasteiger partial charge in [-0.25, -0.2) is 4.39 Å². The van der Waals surface area contributed by atoms with Crippen LogP contribution in [0.3, 0.4) is 0 Å². The summed E-state index contributed by atoms with van der Waals surface area (Å²) in [5.41, 5.74) is 0.600. The number of amides is 1. The first-order chi connectivity index (χ1) is 11.2. The molecular weight excluding hydrogens is 335 g/mol. The molecule has 2 rings (SSSR count). The molecule has 1 heterocycles. The summed E-state index contributed by atoms with van der Waals surface area (Å²) in [7, 11) is 0. The lowest BCUT2D eigenvalue weighted by molar-refractivity contribution is -0.118. The van der Waals surface area contributed by atoms with Gasteiger partial charge in [-0.2, -0.15) is 0 Å². The molecule has 23 heavy (non-hydrogen) atoms. The smallest absolute Gasteiger partial charge is 0.230 e. The van der Waals surface area contributed by atoms with Crippen LogP contribution < -0.4 is 10.6 Å². The van der Waals surface area contributed by atoms with E-state index in [1.165, 1.54) is 29.2 Å². The van der Waals surface area contributed by atoms with Crippen molar-refractivity contribution in [3.8, 4) is 0 Å². The van der Waals surface area contributed by atoms with E-state index >= 15 is 0 Å². The molecule has 0 saturated heterocycles. The van der Waals surface area contributed by atoms with Crippen LogP contribution in [0.2, 0.25) is 0 Å². The second-order valence-electron chi connectivity index (χ2n) is 4.52. The fourth-order valence-electron chi connectivity index (χ4n) is 1.72.